The van der Waals surface area contributed by atoms with Gasteiger partial charge in [0.05, 0.1) is 11.3 Å². The second-order valence-electron chi connectivity index (χ2n) is 6.38. The molecule has 2 heterocycles. The first-order chi connectivity index (χ1) is 11.6. The topological polar surface area (TPSA) is 56.7 Å². The van der Waals surface area contributed by atoms with Crippen LogP contribution in [0, 0.1) is 0 Å². The van der Waals surface area contributed by atoms with E-state index in [-0.39, 0.29) is 0 Å². The molecule has 1 aliphatic heterocycles. The average Bonchev–Trinajstić information content (AvgIpc) is 3.05. The van der Waals surface area contributed by atoms with E-state index in [4.69, 9.17) is 0 Å². The van der Waals surface area contributed by atoms with Gasteiger partial charge in [0, 0.05) is 38.4 Å². The smallest absolute Gasteiger partial charge is 0.337 e. The molecule has 1 aromatic carbocycles. The van der Waals surface area contributed by atoms with E-state index >= 15 is 0 Å². The molecule has 0 bridgehead atoms. The van der Waals surface area contributed by atoms with Gasteiger partial charge in [-0.2, -0.15) is 0 Å². The zero-order valence-electron chi connectivity index (χ0n) is 13.9. The predicted octanol–water partition coefficient (Wildman–Crippen LogP) is 2.49. The van der Waals surface area contributed by atoms with Crippen LogP contribution in [0.5, 0.6) is 0 Å². The van der Waals surface area contributed by atoms with Gasteiger partial charge in [0.2, 0.25) is 0 Å². The number of hydrogen-bond acceptors (Lipinski definition) is 4. The molecule has 126 valence electrons. The summed E-state index contributed by atoms with van der Waals surface area (Å²) in [6.45, 7) is 3.60. The first-order valence-corrected chi connectivity index (χ1v) is 8.27. The maximum absolute atomic E-state index is 11.3. The number of hydrogen-bond donors (Lipinski definition) is 1. The minimum Gasteiger partial charge on any atom is -0.478 e. The number of aromatic nitrogens is 1. The monoisotopic (exact) mass is 325 g/mol. The van der Waals surface area contributed by atoms with Gasteiger partial charge in [-0.15, -0.1) is 0 Å². The van der Waals surface area contributed by atoms with Crippen molar-refractivity contribution in [3.8, 4) is 0 Å². The summed E-state index contributed by atoms with van der Waals surface area (Å²) in [5, 5.41) is 9.28. The summed E-state index contributed by atoms with van der Waals surface area (Å²) in [7, 11) is 2.05. The van der Waals surface area contributed by atoms with E-state index in [1.165, 1.54) is 5.56 Å². The van der Waals surface area contributed by atoms with Gasteiger partial charge in [0.25, 0.3) is 0 Å². The number of benzene rings is 1. The van der Waals surface area contributed by atoms with Crippen LogP contribution in [-0.4, -0.2) is 52.0 Å². The molecule has 0 aliphatic carbocycles. The molecule has 1 fully saturated rings. The summed E-state index contributed by atoms with van der Waals surface area (Å²) in [4.78, 5) is 20.2. The third-order valence-electron chi connectivity index (χ3n) is 4.64. The van der Waals surface area contributed by atoms with Crippen LogP contribution in [-0.2, 0) is 13.1 Å². The molecular weight excluding hydrogens is 302 g/mol. The lowest BCUT2D eigenvalue weighted by atomic mass is 10.1. The standard InChI is InChI=1S/C19H23N3O2/c1-21(14-18-17(19(23)24)8-5-10-20-18)16-9-11-22(13-16)12-15-6-3-2-4-7-15/h2-8,10,16H,9,11-14H2,1H3,(H,23,24)/t16-/m0/s1. The lowest BCUT2D eigenvalue weighted by Gasteiger charge is -2.25. The van der Waals surface area contributed by atoms with Crippen molar-refractivity contribution in [3.05, 3.63) is 65.5 Å². The Morgan fingerprint density at radius 1 is 1.29 bits per heavy atom. The molecule has 1 aromatic heterocycles. The average molecular weight is 325 g/mol. The fourth-order valence-electron chi connectivity index (χ4n) is 3.28. The van der Waals surface area contributed by atoms with E-state index in [1.54, 1.807) is 18.3 Å². The van der Waals surface area contributed by atoms with Crippen LogP contribution >= 0.6 is 0 Å². The van der Waals surface area contributed by atoms with Crippen LogP contribution < -0.4 is 0 Å². The van der Waals surface area contributed by atoms with E-state index in [0.29, 0.717) is 23.8 Å². The van der Waals surface area contributed by atoms with Gasteiger partial charge in [-0.3, -0.25) is 14.8 Å². The first-order valence-electron chi connectivity index (χ1n) is 8.27. The summed E-state index contributed by atoms with van der Waals surface area (Å²) in [6, 6.07) is 14.2. The Labute approximate surface area is 142 Å². The van der Waals surface area contributed by atoms with E-state index in [9.17, 15) is 9.90 Å². The molecule has 0 radical (unpaired) electrons. The maximum Gasteiger partial charge on any atom is 0.337 e. The lowest BCUT2D eigenvalue weighted by Crippen LogP contribution is -2.34. The fraction of sp³-hybridized carbons (Fsp3) is 0.368. The largest absolute Gasteiger partial charge is 0.478 e. The molecule has 24 heavy (non-hydrogen) atoms. The molecule has 1 N–H and O–H groups in total. The van der Waals surface area contributed by atoms with Crippen LogP contribution in [0.3, 0.4) is 0 Å². The van der Waals surface area contributed by atoms with Crippen molar-refractivity contribution < 1.29 is 9.90 Å². The van der Waals surface area contributed by atoms with Crippen molar-refractivity contribution in [2.45, 2.75) is 25.6 Å². The van der Waals surface area contributed by atoms with Crippen molar-refractivity contribution in [1.82, 2.24) is 14.8 Å². The SMILES string of the molecule is CN(Cc1ncccc1C(=O)O)[C@H]1CCN(Cc2ccccc2)C1. The number of carboxylic acids is 1. The minimum atomic E-state index is -0.913. The highest BCUT2D eigenvalue weighted by atomic mass is 16.4. The van der Waals surface area contributed by atoms with Gasteiger partial charge in [-0.05, 0) is 31.2 Å². The van der Waals surface area contributed by atoms with Crippen LogP contribution in [0.15, 0.2) is 48.7 Å². The van der Waals surface area contributed by atoms with E-state index in [2.05, 4.69) is 46.1 Å². The Balaban J connectivity index is 1.59. The first kappa shape index (κ1) is 16.6. The number of likely N-dealkylation sites (N-methyl/N-ethyl adjacent to an activating group) is 1. The highest BCUT2D eigenvalue weighted by Crippen LogP contribution is 2.19. The van der Waals surface area contributed by atoms with Crippen LogP contribution in [0.4, 0.5) is 0 Å². The molecule has 2 aromatic rings. The normalized spacial score (nSPS) is 18.2. The summed E-state index contributed by atoms with van der Waals surface area (Å²) in [5.41, 5.74) is 2.26. The highest BCUT2D eigenvalue weighted by molar-refractivity contribution is 5.88. The molecule has 0 saturated carbocycles. The third-order valence-corrected chi connectivity index (χ3v) is 4.64. The predicted molar refractivity (Wildman–Crippen MR) is 92.8 cm³/mol. The van der Waals surface area contributed by atoms with Crippen molar-refractivity contribution >= 4 is 5.97 Å². The Hall–Kier alpha value is -2.24. The van der Waals surface area contributed by atoms with Gasteiger partial charge < -0.3 is 5.11 Å². The van der Waals surface area contributed by atoms with Crippen molar-refractivity contribution in [2.75, 3.05) is 20.1 Å². The Kier molecular flexibility index (Phi) is 5.23. The van der Waals surface area contributed by atoms with Crippen LogP contribution in [0.25, 0.3) is 0 Å². The third kappa shape index (κ3) is 3.99. The number of carboxylic acid groups (broad SMARTS) is 1. The van der Waals surface area contributed by atoms with E-state index < -0.39 is 5.97 Å². The summed E-state index contributed by atoms with van der Waals surface area (Å²) < 4.78 is 0. The summed E-state index contributed by atoms with van der Waals surface area (Å²) in [5.74, 6) is -0.913. The number of nitrogens with zero attached hydrogens (tertiary/aromatic N) is 3. The van der Waals surface area contributed by atoms with Crippen LogP contribution in [0.2, 0.25) is 0 Å². The second kappa shape index (κ2) is 7.55. The minimum absolute atomic E-state index is 0.295. The van der Waals surface area contributed by atoms with Crippen molar-refractivity contribution in [3.63, 3.8) is 0 Å². The number of pyridine rings is 1. The van der Waals surface area contributed by atoms with E-state index in [0.717, 1.165) is 26.1 Å². The van der Waals surface area contributed by atoms with Gasteiger partial charge in [0.1, 0.15) is 0 Å². The lowest BCUT2D eigenvalue weighted by molar-refractivity contribution is 0.0693. The molecule has 0 spiro atoms. The van der Waals surface area contributed by atoms with Gasteiger partial charge in [-0.1, -0.05) is 30.3 Å². The molecule has 1 saturated heterocycles. The van der Waals surface area contributed by atoms with Gasteiger partial charge >= 0.3 is 5.97 Å². The number of carbonyl (C=O) groups is 1. The van der Waals surface area contributed by atoms with Crippen molar-refractivity contribution in [1.29, 1.82) is 0 Å². The maximum atomic E-state index is 11.3. The molecular formula is C19H23N3O2. The molecule has 5 heteroatoms. The van der Waals surface area contributed by atoms with Crippen molar-refractivity contribution in [2.24, 2.45) is 0 Å². The second-order valence-corrected chi connectivity index (χ2v) is 6.38. The highest BCUT2D eigenvalue weighted by Gasteiger charge is 2.26. The molecule has 1 aliphatic rings. The fourth-order valence-corrected chi connectivity index (χ4v) is 3.28. The molecule has 0 amide bonds. The summed E-state index contributed by atoms with van der Waals surface area (Å²) in [6.07, 6.45) is 2.75. The Morgan fingerprint density at radius 2 is 2.08 bits per heavy atom. The van der Waals surface area contributed by atoms with Gasteiger partial charge in [-0.25, -0.2) is 4.79 Å². The Bertz CT molecular complexity index is 690. The Morgan fingerprint density at radius 3 is 2.83 bits per heavy atom. The number of rotatable bonds is 6. The zero-order chi connectivity index (χ0) is 16.9. The zero-order valence-corrected chi connectivity index (χ0v) is 13.9. The molecule has 3 rings (SSSR count). The quantitative estimate of drug-likeness (QED) is 0.884. The number of likely N-dealkylation sites (tertiary alicyclic amines) is 1. The molecule has 1 atom stereocenters. The number of aromatic carboxylic acids is 1. The summed E-state index contributed by atoms with van der Waals surface area (Å²) >= 11 is 0. The molecule has 0 unspecified atom stereocenters. The van der Waals surface area contributed by atoms with Crippen LogP contribution in [0.1, 0.15) is 28.0 Å². The molecule has 5 nitrogen and oxygen atoms in total. The van der Waals surface area contributed by atoms with E-state index in [1.807, 2.05) is 6.07 Å². The van der Waals surface area contributed by atoms with Gasteiger partial charge in [0.15, 0.2) is 0 Å².